The molecule has 2 aromatic carbocycles. The van der Waals surface area contributed by atoms with E-state index in [0.29, 0.717) is 5.82 Å². The molecule has 0 amide bonds. The van der Waals surface area contributed by atoms with Crippen LogP contribution in [-0.2, 0) is 0 Å². The second kappa shape index (κ2) is 5.85. The first-order chi connectivity index (χ1) is 10.3. The summed E-state index contributed by atoms with van der Waals surface area (Å²) in [6.45, 7) is 0.169. The number of anilines is 1. The lowest BCUT2D eigenvalue weighted by Crippen LogP contribution is -2.14. The summed E-state index contributed by atoms with van der Waals surface area (Å²) in [6, 6.07) is 13.8. The van der Waals surface area contributed by atoms with Crippen LogP contribution in [0.2, 0.25) is 0 Å². The van der Waals surface area contributed by atoms with Crippen molar-refractivity contribution < 1.29 is 9.50 Å². The Balaban J connectivity index is 1.79. The molecule has 0 bridgehead atoms. The standard InChI is InChI=1S/C16H14FN3O/c17-13-7-3-1-5-11(13)15(21)9-18-16-12-6-2-4-8-14(12)19-10-20-16/h1-8,10,15,21H,9H2,(H,18,19,20). The van der Waals surface area contributed by atoms with Crippen LogP contribution in [-0.4, -0.2) is 21.6 Å². The monoisotopic (exact) mass is 283 g/mol. The lowest BCUT2D eigenvalue weighted by molar-refractivity contribution is 0.186. The SMILES string of the molecule is OC(CNc1ncnc2ccccc12)c1ccccc1F. The quantitative estimate of drug-likeness (QED) is 0.773. The number of fused-ring (bicyclic) bond motifs is 1. The first-order valence-electron chi connectivity index (χ1n) is 6.62. The van der Waals surface area contributed by atoms with E-state index in [2.05, 4.69) is 15.3 Å². The molecule has 0 spiro atoms. The molecule has 5 heteroatoms. The maximum Gasteiger partial charge on any atom is 0.137 e. The topological polar surface area (TPSA) is 58.0 Å². The average molecular weight is 283 g/mol. The summed E-state index contributed by atoms with van der Waals surface area (Å²) in [4.78, 5) is 8.34. The van der Waals surface area contributed by atoms with Gasteiger partial charge < -0.3 is 10.4 Å². The Morgan fingerprint density at radius 2 is 1.81 bits per heavy atom. The Labute approximate surface area is 121 Å². The van der Waals surface area contributed by atoms with Gasteiger partial charge in [0.2, 0.25) is 0 Å². The van der Waals surface area contributed by atoms with Gasteiger partial charge in [0.25, 0.3) is 0 Å². The van der Waals surface area contributed by atoms with E-state index in [1.54, 1.807) is 18.2 Å². The van der Waals surface area contributed by atoms with Crippen LogP contribution in [0.4, 0.5) is 10.2 Å². The van der Waals surface area contributed by atoms with Crippen LogP contribution in [0.5, 0.6) is 0 Å². The Kier molecular flexibility index (Phi) is 3.75. The second-order valence-corrected chi connectivity index (χ2v) is 4.66. The highest BCUT2D eigenvalue weighted by Gasteiger charge is 2.12. The van der Waals surface area contributed by atoms with Gasteiger partial charge in [0, 0.05) is 17.5 Å². The van der Waals surface area contributed by atoms with E-state index in [1.807, 2.05) is 24.3 Å². The third kappa shape index (κ3) is 2.83. The number of aromatic nitrogens is 2. The Hall–Kier alpha value is -2.53. The molecule has 0 saturated carbocycles. The molecular formula is C16H14FN3O. The van der Waals surface area contributed by atoms with Crippen LogP contribution < -0.4 is 5.32 Å². The average Bonchev–Trinajstić information content (AvgIpc) is 2.53. The van der Waals surface area contributed by atoms with Gasteiger partial charge >= 0.3 is 0 Å². The summed E-state index contributed by atoms with van der Waals surface area (Å²) < 4.78 is 13.6. The zero-order valence-electron chi connectivity index (χ0n) is 11.2. The molecule has 3 aromatic rings. The fraction of sp³-hybridized carbons (Fsp3) is 0.125. The molecule has 1 heterocycles. The van der Waals surface area contributed by atoms with Crippen molar-refractivity contribution in [3.8, 4) is 0 Å². The molecule has 2 N–H and O–H groups in total. The molecule has 0 aliphatic heterocycles. The number of nitrogens with zero attached hydrogens (tertiary/aromatic N) is 2. The van der Waals surface area contributed by atoms with Gasteiger partial charge in [-0.2, -0.15) is 0 Å². The summed E-state index contributed by atoms with van der Waals surface area (Å²) in [5.74, 6) is 0.204. The van der Waals surface area contributed by atoms with Crippen molar-refractivity contribution in [3.63, 3.8) is 0 Å². The predicted octanol–water partition coefficient (Wildman–Crippen LogP) is 2.91. The fourth-order valence-corrected chi connectivity index (χ4v) is 2.19. The molecule has 0 aliphatic carbocycles. The van der Waals surface area contributed by atoms with E-state index in [1.165, 1.54) is 12.4 Å². The number of hydrogen-bond donors (Lipinski definition) is 2. The molecular weight excluding hydrogens is 269 g/mol. The fourth-order valence-electron chi connectivity index (χ4n) is 2.19. The minimum Gasteiger partial charge on any atom is -0.386 e. The van der Waals surface area contributed by atoms with Gasteiger partial charge in [-0.15, -0.1) is 0 Å². The molecule has 0 saturated heterocycles. The Morgan fingerprint density at radius 3 is 2.67 bits per heavy atom. The van der Waals surface area contributed by atoms with Crippen molar-refractivity contribution in [1.29, 1.82) is 0 Å². The van der Waals surface area contributed by atoms with Crippen molar-refractivity contribution in [2.75, 3.05) is 11.9 Å². The van der Waals surface area contributed by atoms with E-state index in [4.69, 9.17) is 0 Å². The van der Waals surface area contributed by atoms with Gasteiger partial charge in [-0.3, -0.25) is 0 Å². The molecule has 1 aromatic heterocycles. The van der Waals surface area contributed by atoms with Crippen LogP contribution in [0.3, 0.4) is 0 Å². The summed E-state index contributed by atoms with van der Waals surface area (Å²) >= 11 is 0. The van der Waals surface area contributed by atoms with Gasteiger partial charge in [-0.1, -0.05) is 30.3 Å². The number of aliphatic hydroxyl groups is 1. The first-order valence-corrected chi connectivity index (χ1v) is 6.62. The molecule has 0 fully saturated rings. The summed E-state index contributed by atoms with van der Waals surface area (Å²) in [5, 5.41) is 14.0. The Bertz CT molecular complexity index is 758. The van der Waals surface area contributed by atoms with E-state index >= 15 is 0 Å². The van der Waals surface area contributed by atoms with E-state index in [-0.39, 0.29) is 12.1 Å². The van der Waals surface area contributed by atoms with E-state index in [9.17, 15) is 9.50 Å². The van der Waals surface area contributed by atoms with Crippen molar-refractivity contribution in [1.82, 2.24) is 9.97 Å². The highest BCUT2D eigenvalue weighted by Crippen LogP contribution is 2.21. The number of halogens is 1. The summed E-state index contributed by atoms with van der Waals surface area (Å²) in [5.41, 5.74) is 1.08. The third-order valence-electron chi connectivity index (χ3n) is 3.27. The lowest BCUT2D eigenvalue weighted by Gasteiger charge is -2.14. The first kappa shape index (κ1) is 13.5. The van der Waals surface area contributed by atoms with Crippen LogP contribution in [0.1, 0.15) is 11.7 Å². The van der Waals surface area contributed by atoms with Crippen molar-refractivity contribution in [2.24, 2.45) is 0 Å². The number of aliphatic hydroxyl groups excluding tert-OH is 1. The van der Waals surface area contributed by atoms with Crippen LogP contribution in [0.25, 0.3) is 10.9 Å². The molecule has 1 unspecified atom stereocenters. The van der Waals surface area contributed by atoms with Crippen LogP contribution in [0.15, 0.2) is 54.9 Å². The van der Waals surface area contributed by atoms with Crippen molar-refractivity contribution in [3.05, 3.63) is 66.2 Å². The third-order valence-corrected chi connectivity index (χ3v) is 3.27. The second-order valence-electron chi connectivity index (χ2n) is 4.66. The van der Waals surface area contributed by atoms with Gasteiger partial charge in [0.1, 0.15) is 18.0 Å². The highest BCUT2D eigenvalue weighted by atomic mass is 19.1. The number of para-hydroxylation sites is 1. The van der Waals surface area contributed by atoms with Crippen molar-refractivity contribution >= 4 is 16.7 Å². The number of rotatable bonds is 4. The zero-order chi connectivity index (χ0) is 14.7. The van der Waals surface area contributed by atoms with Crippen LogP contribution in [0, 0.1) is 5.82 Å². The molecule has 3 rings (SSSR count). The highest BCUT2D eigenvalue weighted by molar-refractivity contribution is 5.88. The van der Waals surface area contributed by atoms with Crippen molar-refractivity contribution in [2.45, 2.75) is 6.10 Å². The maximum atomic E-state index is 13.6. The van der Waals surface area contributed by atoms with E-state index < -0.39 is 11.9 Å². The summed E-state index contributed by atoms with van der Waals surface area (Å²) in [7, 11) is 0. The number of benzene rings is 2. The molecule has 106 valence electrons. The Morgan fingerprint density at radius 1 is 1.05 bits per heavy atom. The molecule has 0 radical (unpaired) electrons. The molecule has 1 atom stereocenters. The molecule has 21 heavy (non-hydrogen) atoms. The maximum absolute atomic E-state index is 13.6. The lowest BCUT2D eigenvalue weighted by atomic mass is 10.1. The normalized spacial score (nSPS) is 12.3. The largest absolute Gasteiger partial charge is 0.386 e. The van der Waals surface area contributed by atoms with Gasteiger partial charge in [0.05, 0.1) is 11.6 Å². The van der Waals surface area contributed by atoms with Gasteiger partial charge in [-0.05, 0) is 18.2 Å². The zero-order valence-corrected chi connectivity index (χ0v) is 11.2. The van der Waals surface area contributed by atoms with Gasteiger partial charge in [0.15, 0.2) is 0 Å². The van der Waals surface area contributed by atoms with Crippen LogP contribution >= 0.6 is 0 Å². The predicted molar refractivity (Wildman–Crippen MR) is 79.4 cm³/mol. The minimum atomic E-state index is -0.945. The minimum absolute atomic E-state index is 0.169. The van der Waals surface area contributed by atoms with E-state index in [0.717, 1.165) is 10.9 Å². The van der Waals surface area contributed by atoms with Gasteiger partial charge in [-0.25, -0.2) is 14.4 Å². The summed E-state index contributed by atoms with van der Waals surface area (Å²) in [6.07, 6.45) is 0.514. The molecule has 4 nitrogen and oxygen atoms in total. The molecule has 0 aliphatic rings. The smallest absolute Gasteiger partial charge is 0.137 e. The number of hydrogen-bond acceptors (Lipinski definition) is 4. The number of nitrogens with one attached hydrogen (secondary N) is 1.